The molecule has 0 aliphatic rings. The van der Waals surface area contributed by atoms with Crippen LogP contribution < -0.4 is 5.73 Å². The van der Waals surface area contributed by atoms with Crippen LogP contribution in [0.1, 0.15) is 42.1 Å². The summed E-state index contributed by atoms with van der Waals surface area (Å²) < 4.78 is 0. The van der Waals surface area contributed by atoms with Crippen LogP contribution in [0.15, 0.2) is 30.3 Å². The lowest BCUT2D eigenvalue weighted by atomic mass is 9.95. The van der Waals surface area contributed by atoms with Crippen LogP contribution in [0, 0.1) is 0 Å². The zero-order valence-electron chi connectivity index (χ0n) is 11.2. The van der Waals surface area contributed by atoms with Gasteiger partial charge in [0, 0.05) is 25.4 Å². The van der Waals surface area contributed by atoms with Crippen molar-refractivity contribution >= 4 is 34.5 Å². The van der Waals surface area contributed by atoms with Crippen LogP contribution >= 0.6 is 34.5 Å². The predicted octanol–water partition coefficient (Wildman–Crippen LogP) is 5.40. The monoisotopic (exact) mass is 313 g/mol. The van der Waals surface area contributed by atoms with Gasteiger partial charge in [-0.3, -0.25) is 0 Å². The summed E-state index contributed by atoms with van der Waals surface area (Å²) in [6.45, 7) is 6.57. The van der Waals surface area contributed by atoms with Gasteiger partial charge in [0.05, 0.1) is 6.04 Å². The highest BCUT2D eigenvalue weighted by molar-refractivity contribution is 7.12. The zero-order valence-corrected chi connectivity index (χ0v) is 13.5. The first-order valence-corrected chi connectivity index (χ1v) is 7.67. The molecular weight excluding hydrogens is 297 g/mol. The minimum absolute atomic E-state index is 0.132. The van der Waals surface area contributed by atoms with Crippen LogP contribution in [-0.2, 0) is 5.41 Å². The van der Waals surface area contributed by atoms with Crippen LogP contribution in [0.4, 0.5) is 0 Å². The van der Waals surface area contributed by atoms with E-state index in [4.69, 9.17) is 28.9 Å². The third-order valence-electron chi connectivity index (χ3n) is 2.98. The molecule has 1 atom stereocenters. The largest absolute Gasteiger partial charge is 0.320 e. The van der Waals surface area contributed by atoms with Gasteiger partial charge in [0.1, 0.15) is 0 Å². The average Bonchev–Trinajstić information content (AvgIpc) is 2.77. The number of hydrogen-bond donors (Lipinski definition) is 1. The van der Waals surface area contributed by atoms with Gasteiger partial charge in [0.15, 0.2) is 0 Å². The molecule has 4 heteroatoms. The Morgan fingerprint density at radius 1 is 1.05 bits per heavy atom. The number of hydrogen-bond acceptors (Lipinski definition) is 2. The van der Waals surface area contributed by atoms with Crippen LogP contribution in [-0.4, -0.2) is 0 Å². The number of benzene rings is 1. The summed E-state index contributed by atoms with van der Waals surface area (Å²) in [4.78, 5) is 2.39. The SMILES string of the molecule is CC(C)(C)c1ccc(C(N)c2c(Cl)cccc2Cl)s1. The van der Waals surface area contributed by atoms with Gasteiger partial charge in [-0.1, -0.05) is 50.0 Å². The first-order valence-electron chi connectivity index (χ1n) is 6.10. The van der Waals surface area contributed by atoms with Crippen molar-refractivity contribution in [2.24, 2.45) is 5.73 Å². The normalized spacial score (nSPS) is 13.6. The average molecular weight is 314 g/mol. The summed E-state index contributed by atoms with van der Waals surface area (Å²) in [5, 5.41) is 1.23. The van der Waals surface area contributed by atoms with E-state index in [1.165, 1.54) is 4.88 Å². The van der Waals surface area contributed by atoms with Crippen molar-refractivity contribution in [3.05, 3.63) is 55.7 Å². The molecule has 0 saturated carbocycles. The van der Waals surface area contributed by atoms with Gasteiger partial charge in [-0.2, -0.15) is 0 Å². The Hall–Kier alpha value is -0.540. The van der Waals surface area contributed by atoms with Crippen molar-refractivity contribution < 1.29 is 0 Å². The Kier molecular flexibility index (Phi) is 4.26. The molecule has 1 aromatic heterocycles. The molecular formula is C15H17Cl2NS. The summed E-state index contributed by atoms with van der Waals surface area (Å²) in [6.07, 6.45) is 0. The van der Waals surface area contributed by atoms with Crippen molar-refractivity contribution in [1.82, 2.24) is 0 Å². The first-order chi connectivity index (χ1) is 8.80. The smallest absolute Gasteiger partial charge is 0.0675 e. The van der Waals surface area contributed by atoms with E-state index in [1.807, 2.05) is 18.2 Å². The highest BCUT2D eigenvalue weighted by atomic mass is 35.5. The molecule has 0 aliphatic heterocycles. The molecule has 1 heterocycles. The molecule has 0 bridgehead atoms. The van der Waals surface area contributed by atoms with Gasteiger partial charge in [-0.15, -0.1) is 11.3 Å². The van der Waals surface area contributed by atoms with E-state index in [0.29, 0.717) is 10.0 Å². The van der Waals surface area contributed by atoms with Crippen LogP contribution in [0.25, 0.3) is 0 Å². The Balaban J connectivity index is 2.40. The predicted molar refractivity (Wildman–Crippen MR) is 85.5 cm³/mol. The molecule has 0 saturated heterocycles. The van der Waals surface area contributed by atoms with Gasteiger partial charge in [0.25, 0.3) is 0 Å². The van der Waals surface area contributed by atoms with E-state index >= 15 is 0 Å². The van der Waals surface area contributed by atoms with Gasteiger partial charge >= 0.3 is 0 Å². The summed E-state index contributed by atoms with van der Waals surface area (Å²) in [5.41, 5.74) is 7.25. The standard InChI is InChI=1S/C15H17Cl2NS/c1-15(2,3)12-8-7-11(19-12)14(18)13-9(16)5-4-6-10(13)17/h4-8,14H,18H2,1-3H3. The lowest BCUT2D eigenvalue weighted by molar-refractivity contribution is 0.604. The summed E-state index contributed by atoms with van der Waals surface area (Å²) in [7, 11) is 0. The lowest BCUT2D eigenvalue weighted by Crippen LogP contribution is -2.12. The Labute approximate surface area is 128 Å². The second-order valence-electron chi connectivity index (χ2n) is 5.57. The van der Waals surface area contributed by atoms with E-state index in [2.05, 4.69) is 32.9 Å². The van der Waals surface area contributed by atoms with Crippen LogP contribution in [0.3, 0.4) is 0 Å². The third kappa shape index (κ3) is 3.14. The van der Waals surface area contributed by atoms with Gasteiger partial charge < -0.3 is 5.73 Å². The van der Waals surface area contributed by atoms with E-state index in [9.17, 15) is 0 Å². The summed E-state index contributed by atoms with van der Waals surface area (Å²) in [5.74, 6) is 0. The molecule has 0 aliphatic carbocycles. The maximum absolute atomic E-state index is 6.32. The molecule has 19 heavy (non-hydrogen) atoms. The Morgan fingerprint density at radius 3 is 2.11 bits per heavy atom. The van der Waals surface area contributed by atoms with Crippen molar-refractivity contribution in [3.8, 4) is 0 Å². The van der Waals surface area contributed by atoms with Crippen LogP contribution in [0.2, 0.25) is 10.0 Å². The topological polar surface area (TPSA) is 26.0 Å². The lowest BCUT2D eigenvalue weighted by Gasteiger charge is -2.17. The minimum atomic E-state index is -0.276. The molecule has 1 aromatic carbocycles. The van der Waals surface area contributed by atoms with Gasteiger partial charge in [-0.25, -0.2) is 0 Å². The van der Waals surface area contributed by atoms with Crippen LogP contribution in [0.5, 0.6) is 0 Å². The molecule has 2 rings (SSSR count). The second-order valence-corrected chi connectivity index (χ2v) is 7.49. The van der Waals surface area contributed by atoms with E-state index in [-0.39, 0.29) is 11.5 Å². The molecule has 1 nitrogen and oxygen atoms in total. The summed E-state index contributed by atoms with van der Waals surface area (Å²) in [6, 6.07) is 9.39. The zero-order chi connectivity index (χ0) is 14.2. The van der Waals surface area contributed by atoms with Crippen molar-refractivity contribution in [1.29, 1.82) is 0 Å². The van der Waals surface area contributed by atoms with Crippen molar-refractivity contribution in [3.63, 3.8) is 0 Å². The number of thiophene rings is 1. The quantitative estimate of drug-likeness (QED) is 0.789. The fourth-order valence-corrected chi connectivity index (χ4v) is 3.58. The maximum atomic E-state index is 6.32. The van der Waals surface area contributed by atoms with Crippen molar-refractivity contribution in [2.75, 3.05) is 0 Å². The third-order valence-corrected chi connectivity index (χ3v) is 5.24. The highest BCUT2D eigenvalue weighted by Crippen LogP contribution is 2.37. The molecule has 0 amide bonds. The molecule has 0 fully saturated rings. The second kappa shape index (κ2) is 5.45. The Bertz CT molecular complexity index is 564. The molecule has 0 spiro atoms. The number of rotatable bonds is 2. The minimum Gasteiger partial charge on any atom is -0.320 e. The summed E-state index contributed by atoms with van der Waals surface area (Å²) >= 11 is 14.1. The molecule has 102 valence electrons. The fourth-order valence-electron chi connectivity index (χ4n) is 1.87. The number of halogens is 2. The highest BCUT2D eigenvalue weighted by Gasteiger charge is 2.21. The van der Waals surface area contributed by atoms with Gasteiger partial charge in [-0.05, 0) is 29.7 Å². The molecule has 2 aromatic rings. The van der Waals surface area contributed by atoms with Gasteiger partial charge in [0.2, 0.25) is 0 Å². The number of nitrogens with two attached hydrogens (primary N) is 1. The Morgan fingerprint density at radius 2 is 1.63 bits per heavy atom. The molecule has 1 unspecified atom stereocenters. The first kappa shape index (κ1) is 14.9. The van der Waals surface area contributed by atoms with E-state index < -0.39 is 0 Å². The molecule has 0 radical (unpaired) electrons. The molecule has 2 N–H and O–H groups in total. The maximum Gasteiger partial charge on any atom is 0.0675 e. The van der Waals surface area contributed by atoms with Crippen molar-refractivity contribution in [2.45, 2.75) is 32.2 Å². The fraction of sp³-hybridized carbons (Fsp3) is 0.333. The van der Waals surface area contributed by atoms with E-state index in [0.717, 1.165) is 10.4 Å². The van der Waals surface area contributed by atoms with E-state index in [1.54, 1.807) is 11.3 Å².